The second-order valence-electron chi connectivity index (χ2n) is 6.36. The molecule has 0 unspecified atom stereocenters. The molecule has 6 heteroatoms. The van der Waals surface area contributed by atoms with Crippen LogP contribution in [0.5, 0.6) is 11.5 Å². The van der Waals surface area contributed by atoms with Gasteiger partial charge in [-0.05, 0) is 36.2 Å². The van der Waals surface area contributed by atoms with Crippen LogP contribution in [-0.2, 0) is 6.54 Å². The molecule has 0 bridgehead atoms. The fourth-order valence-electron chi connectivity index (χ4n) is 2.72. The van der Waals surface area contributed by atoms with Crippen LogP contribution in [0.25, 0.3) is 5.69 Å². The fourth-order valence-corrected chi connectivity index (χ4v) is 2.72. The van der Waals surface area contributed by atoms with E-state index in [9.17, 15) is 4.79 Å². The number of rotatable bonds is 9. The number of hydrogen-bond donors (Lipinski definition) is 1. The van der Waals surface area contributed by atoms with Crippen molar-refractivity contribution in [2.45, 2.75) is 26.3 Å². The maximum atomic E-state index is 12.6. The molecule has 0 radical (unpaired) electrons. The van der Waals surface area contributed by atoms with E-state index in [1.54, 1.807) is 10.9 Å². The molecule has 0 aliphatic rings. The van der Waals surface area contributed by atoms with Crippen molar-refractivity contribution >= 4 is 5.91 Å². The second-order valence-corrected chi connectivity index (χ2v) is 6.36. The van der Waals surface area contributed by atoms with Gasteiger partial charge in [0.25, 0.3) is 5.91 Å². The van der Waals surface area contributed by atoms with Gasteiger partial charge in [-0.25, -0.2) is 4.68 Å². The zero-order valence-electron chi connectivity index (χ0n) is 16.2. The number of methoxy groups -OCH3 is 1. The molecule has 146 valence electrons. The summed E-state index contributed by atoms with van der Waals surface area (Å²) in [6.07, 6.45) is 3.81. The first-order valence-electron chi connectivity index (χ1n) is 9.40. The van der Waals surface area contributed by atoms with Gasteiger partial charge in [-0.15, -0.1) is 0 Å². The molecule has 0 atom stereocenters. The SMILES string of the molecule is CCCCOc1cccc(CNC(=O)c2nn(-c3ccccc3)cc2OC)c1. The van der Waals surface area contributed by atoms with Crippen molar-refractivity contribution in [3.05, 3.63) is 72.1 Å². The summed E-state index contributed by atoms with van der Waals surface area (Å²) in [5, 5.41) is 7.28. The first-order valence-corrected chi connectivity index (χ1v) is 9.40. The Balaban J connectivity index is 1.67. The Morgan fingerprint density at radius 1 is 1.14 bits per heavy atom. The van der Waals surface area contributed by atoms with Gasteiger partial charge in [0.15, 0.2) is 11.4 Å². The van der Waals surface area contributed by atoms with Crippen molar-refractivity contribution in [1.82, 2.24) is 15.1 Å². The topological polar surface area (TPSA) is 65.4 Å². The number of hydrogen-bond acceptors (Lipinski definition) is 4. The van der Waals surface area contributed by atoms with Crippen LogP contribution < -0.4 is 14.8 Å². The molecule has 1 N–H and O–H groups in total. The summed E-state index contributed by atoms with van der Waals surface area (Å²) >= 11 is 0. The molecule has 0 saturated heterocycles. The lowest BCUT2D eigenvalue weighted by atomic mass is 10.2. The summed E-state index contributed by atoms with van der Waals surface area (Å²) in [5.41, 5.74) is 2.07. The van der Waals surface area contributed by atoms with Gasteiger partial charge in [-0.3, -0.25) is 4.79 Å². The van der Waals surface area contributed by atoms with E-state index in [4.69, 9.17) is 9.47 Å². The molecule has 2 aromatic carbocycles. The van der Waals surface area contributed by atoms with E-state index in [2.05, 4.69) is 17.3 Å². The quantitative estimate of drug-likeness (QED) is 0.571. The molecule has 28 heavy (non-hydrogen) atoms. The third kappa shape index (κ3) is 4.91. The average Bonchev–Trinajstić information content (AvgIpc) is 3.18. The van der Waals surface area contributed by atoms with Gasteiger partial charge in [0, 0.05) is 6.54 Å². The van der Waals surface area contributed by atoms with Crippen LogP contribution in [0.15, 0.2) is 60.8 Å². The standard InChI is InChI=1S/C22H25N3O3/c1-3-4-13-28-19-12-8-9-17(14-19)15-23-22(26)21-20(27-2)16-25(24-21)18-10-6-5-7-11-18/h5-12,14,16H,3-4,13,15H2,1-2H3,(H,23,26). The molecule has 3 aromatic rings. The monoisotopic (exact) mass is 379 g/mol. The number of aromatic nitrogens is 2. The van der Waals surface area contributed by atoms with E-state index in [0.29, 0.717) is 18.9 Å². The Hall–Kier alpha value is -3.28. The molecule has 1 aromatic heterocycles. The van der Waals surface area contributed by atoms with Gasteiger partial charge in [0.2, 0.25) is 0 Å². The van der Waals surface area contributed by atoms with E-state index in [-0.39, 0.29) is 11.6 Å². The van der Waals surface area contributed by atoms with E-state index in [1.165, 1.54) is 7.11 Å². The largest absolute Gasteiger partial charge is 0.494 e. The maximum Gasteiger partial charge on any atom is 0.275 e. The first-order chi connectivity index (χ1) is 13.7. The maximum absolute atomic E-state index is 12.6. The zero-order chi connectivity index (χ0) is 19.8. The van der Waals surface area contributed by atoms with Crippen LogP contribution in [-0.4, -0.2) is 29.4 Å². The minimum absolute atomic E-state index is 0.252. The number of ether oxygens (including phenoxy) is 2. The number of carbonyl (C=O) groups is 1. The van der Waals surface area contributed by atoms with Crippen LogP contribution in [0.1, 0.15) is 35.8 Å². The highest BCUT2D eigenvalue weighted by Gasteiger charge is 2.18. The smallest absolute Gasteiger partial charge is 0.275 e. The Bertz CT molecular complexity index is 906. The molecule has 6 nitrogen and oxygen atoms in total. The van der Waals surface area contributed by atoms with Crippen LogP contribution in [0.4, 0.5) is 0 Å². The van der Waals surface area contributed by atoms with E-state index in [0.717, 1.165) is 29.8 Å². The minimum Gasteiger partial charge on any atom is -0.494 e. The summed E-state index contributed by atoms with van der Waals surface area (Å²) < 4.78 is 12.7. The molecule has 1 amide bonds. The van der Waals surface area contributed by atoms with E-state index >= 15 is 0 Å². The van der Waals surface area contributed by atoms with Crippen molar-refractivity contribution in [2.75, 3.05) is 13.7 Å². The summed E-state index contributed by atoms with van der Waals surface area (Å²) in [5.74, 6) is 0.952. The van der Waals surface area contributed by atoms with Crippen molar-refractivity contribution < 1.29 is 14.3 Å². The molecule has 0 spiro atoms. The summed E-state index contributed by atoms with van der Waals surface area (Å²) in [6.45, 7) is 3.20. The highest BCUT2D eigenvalue weighted by Crippen LogP contribution is 2.20. The van der Waals surface area contributed by atoms with E-state index < -0.39 is 0 Å². The van der Waals surface area contributed by atoms with Crippen LogP contribution >= 0.6 is 0 Å². The fraction of sp³-hybridized carbons (Fsp3) is 0.273. The minimum atomic E-state index is -0.288. The van der Waals surface area contributed by atoms with Crippen LogP contribution in [0, 0.1) is 0 Å². The number of para-hydroxylation sites is 1. The van der Waals surface area contributed by atoms with Crippen LogP contribution in [0.2, 0.25) is 0 Å². The third-order valence-corrected chi connectivity index (χ3v) is 4.25. The predicted octanol–water partition coefficient (Wildman–Crippen LogP) is 3.99. The van der Waals surface area contributed by atoms with Crippen molar-refractivity contribution in [3.8, 4) is 17.2 Å². The summed E-state index contributed by atoms with van der Waals surface area (Å²) in [6, 6.07) is 17.3. The van der Waals surface area contributed by atoms with Gasteiger partial charge >= 0.3 is 0 Å². The number of nitrogens with zero attached hydrogens (tertiary/aromatic N) is 2. The summed E-state index contributed by atoms with van der Waals surface area (Å²) in [4.78, 5) is 12.6. The predicted molar refractivity (Wildman–Crippen MR) is 108 cm³/mol. The van der Waals surface area contributed by atoms with Gasteiger partial charge in [-0.1, -0.05) is 43.7 Å². The summed E-state index contributed by atoms with van der Waals surface area (Å²) in [7, 11) is 1.53. The van der Waals surface area contributed by atoms with Gasteiger partial charge in [0.1, 0.15) is 5.75 Å². The van der Waals surface area contributed by atoms with Gasteiger partial charge < -0.3 is 14.8 Å². The highest BCUT2D eigenvalue weighted by molar-refractivity contribution is 5.94. The number of benzene rings is 2. The molecule has 0 aliphatic carbocycles. The van der Waals surface area contributed by atoms with E-state index in [1.807, 2.05) is 54.6 Å². The Kier molecular flexibility index (Phi) is 6.68. The lowest BCUT2D eigenvalue weighted by Crippen LogP contribution is -2.24. The lowest BCUT2D eigenvalue weighted by molar-refractivity contribution is 0.0942. The zero-order valence-corrected chi connectivity index (χ0v) is 16.2. The van der Waals surface area contributed by atoms with Crippen molar-refractivity contribution in [2.24, 2.45) is 0 Å². The second kappa shape index (κ2) is 9.60. The number of carbonyl (C=O) groups excluding carboxylic acids is 1. The molecule has 0 fully saturated rings. The number of unbranched alkanes of at least 4 members (excludes halogenated alkanes) is 1. The highest BCUT2D eigenvalue weighted by atomic mass is 16.5. The molecule has 3 rings (SSSR count). The van der Waals surface area contributed by atoms with Gasteiger partial charge in [-0.2, -0.15) is 5.10 Å². The Labute approximate surface area is 165 Å². The van der Waals surface area contributed by atoms with Crippen LogP contribution in [0.3, 0.4) is 0 Å². The Morgan fingerprint density at radius 3 is 2.71 bits per heavy atom. The van der Waals surface area contributed by atoms with Crippen molar-refractivity contribution in [1.29, 1.82) is 0 Å². The number of amides is 1. The first kappa shape index (κ1) is 19.5. The lowest BCUT2D eigenvalue weighted by Gasteiger charge is -2.08. The third-order valence-electron chi connectivity index (χ3n) is 4.25. The normalized spacial score (nSPS) is 10.5. The van der Waals surface area contributed by atoms with Crippen molar-refractivity contribution in [3.63, 3.8) is 0 Å². The molecule has 1 heterocycles. The molecule has 0 saturated carbocycles. The molecular weight excluding hydrogens is 354 g/mol. The Morgan fingerprint density at radius 2 is 1.96 bits per heavy atom. The average molecular weight is 379 g/mol. The number of nitrogens with one attached hydrogen (secondary N) is 1. The molecule has 0 aliphatic heterocycles. The van der Waals surface area contributed by atoms with Gasteiger partial charge in [0.05, 0.1) is 25.6 Å². The molecular formula is C22H25N3O3.